The third-order valence-electron chi connectivity index (χ3n) is 9.45. The molecule has 0 atom stereocenters. The first-order chi connectivity index (χ1) is 28.1. The number of nitrogens with one attached hydrogen (secondary N) is 4. The van der Waals surface area contributed by atoms with Crippen molar-refractivity contribution in [1.82, 2.24) is 50.0 Å². The standard InChI is InChI=1S/C20H20FN7O.C20H22FN7O/c21-14-3-4-18-16(11-14)19(26-28(18)10-9-27-7-1-2-8-27)25-17-12-23-6-5-15(17)20(29)24-13-22;1-27(2)9-3-4-10-28-18-6-5-14(21)11-16(18)19(26-28)25-17-12-23-8-7-15(17)20(29)24-13-22/h3-6,11-12H,1-2,7-10H2,(H,24,29)(H,25,26);5-8,11-12H,3-4,9-10H2,1-2H3,(H,24,29)(H,25,26). The molecule has 1 fully saturated rings. The second-order valence-electron chi connectivity index (χ2n) is 13.7. The number of rotatable bonds is 14. The topological polar surface area (TPSA) is 198 Å². The van der Waals surface area contributed by atoms with Gasteiger partial charge >= 0.3 is 0 Å². The fourth-order valence-electron chi connectivity index (χ4n) is 6.64. The number of amides is 2. The van der Waals surface area contributed by atoms with E-state index in [1.807, 2.05) is 23.5 Å². The summed E-state index contributed by atoms with van der Waals surface area (Å²) in [6.45, 7) is 5.39. The number of aromatic nitrogens is 6. The van der Waals surface area contributed by atoms with Crippen molar-refractivity contribution in [3.05, 3.63) is 96.1 Å². The van der Waals surface area contributed by atoms with E-state index in [1.165, 1.54) is 74.0 Å². The Hall–Kier alpha value is -7.02. The minimum atomic E-state index is -0.559. The lowest BCUT2D eigenvalue weighted by Gasteiger charge is -2.14. The number of anilines is 4. The van der Waals surface area contributed by atoms with Crippen LogP contribution in [-0.2, 0) is 13.1 Å². The number of carbonyl (C=O) groups is 2. The van der Waals surface area contributed by atoms with E-state index in [1.54, 1.807) is 24.5 Å². The molecule has 2 amide bonds. The number of nitrogens with zero attached hydrogens (tertiary/aromatic N) is 10. The van der Waals surface area contributed by atoms with Crippen molar-refractivity contribution in [2.45, 2.75) is 38.8 Å². The largest absolute Gasteiger partial charge is 0.336 e. The molecule has 6 aromatic rings. The smallest absolute Gasteiger partial charge is 0.266 e. The van der Waals surface area contributed by atoms with Crippen LogP contribution < -0.4 is 21.3 Å². The van der Waals surface area contributed by atoms with Crippen LogP contribution in [0.5, 0.6) is 0 Å². The van der Waals surface area contributed by atoms with Crippen molar-refractivity contribution in [2.24, 2.45) is 0 Å². The molecule has 16 nitrogen and oxygen atoms in total. The first-order valence-electron chi connectivity index (χ1n) is 18.6. The molecular formula is C40H42F2N14O2. The van der Waals surface area contributed by atoms with Gasteiger partial charge in [0.25, 0.3) is 11.8 Å². The van der Waals surface area contributed by atoms with Gasteiger partial charge < -0.3 is 20.4 Å². The number of nitriles is 2. The normalized spacial score (nSPS) is 12.5. The highest BCUT2D eigenvalue weighted by atomic mass is 19.1. The Bertz CT molecular complexity index is 2480. The number of benzene rings is 2. The van der Waals surface area contributed by atoms with Crippen LogP contribution in [0.25, 0.3) is 21.8 Å². The third kappa shape index (κ3) is 10.0. The number of hydrogen-bond donors (Lipinski definition) is 4. The summed E-state index contributed by atoms with van der Waals surface area (Å²) in [5.41, 5.74) is 2.86. The van der Waals surface area contributed by atoms with Crippen molar-refractivity contribution in [3.63, 3.8) is 0 Å². The van der Waals surface area contributed by atoms with Crippen LogP contribution in [0.3, 0.4) is 0 Å². The summed E-state index contributed by atoms with van der Waals surface area (Å²) in [6.07, 6.45) is 13.5. The van der Waals surface area contributed by atoms with Gasteiger partial charge in [0, 0.05) is 36.3 Å². The van der Waals surface area contributed by atoms with Crippen molar-refractivity contribution in [1.29, 1.82) is 10.5 Å². The van der Waals surface area contributed by atoms with Crippen molar-refractivity contribution in [2.75, 3.05) is 50.9 Å². The van der Waals surface area contributed by atoms with Crippen LogP contribution >= 0.6 is 0 Å². The number of fused-ring (bicyclic) bond motifs is 2. The van der Waals surface area contributed by atoms with Gasteiger partial charge in [-0.2, -0.15) is 20.7 Å². The number of carbonyl (C=O) groups excluding carboxylic acids is 2. The first kappa shape index (κ1) is 40.6. The molecule has 4 N–H and O–H groups in total. The maximum Gasteiger partial charge on any atom is 0.266 e. The van der Waals surface area contributed by atoms with Gasteiger partial charge in [0.2, 0.25) is 0 Å². The van der Waals surface area contributed by atoms with Gasteiger partial charge in [0.15, 0.2) is 24.0 Å². The van der Waals surface area contributed by atoms with E-state index in [0.717, 1.165) is 50.1 Å². The fourth-order valence-corrected chi connectivity index (χ4v) is 6.64. The van der Waals surface area contributed by atoms with E-state index >= 15 is 0 Å². The van der Waals surface area contributed by atoms with Gasteiger partial charge in [-0.3, -0.25) is 39.6 Å². The summed E-state index contributed by atoms with van der Waals surface area (Å²) in [4.78, 5) is 36.8. The Kier molecular flexibility index (Phi) is 13.5. The molecule has 0 spiro atoms. The average molecular weight is 789 g/mol. The summed E-state index contributed by atoms with van der Waals surface area (Å²) >= 11 is 0. The molecule has 7 rings (SSSR count). The summed E-state index contributed by atoms with van der Waals surface area (Å²) in [6, 6.07) is 12.0. The molecule has 1 aliphatic heterocycles. The van der Waals surface area contributed by atoms with E-state index < -0.39 is 11.8 Å². The molecule has 2 aromatic carbocycles. The third-order valence-corrected chi connectivity index (χ3v) is 9.45. The van der Waals surface area contributed by atoms with Crippen LogP contribution in [-0.4, -0.2) is 91.4 Å². The molecule has 0 aliphatic carbocycles. The predicted molar refractivity (Wildman–Crippen MR) is 214 cm³/mol. The highest BCUT2D eigenvalue weighted by molar-refractivity contribution is 6.03. The lowest BCUT2D eigenvalue weighted by atomic mass is 10.2. The Morgan fingerprint density at radius 2 is 1.22 bits per heavy atom. The molecule has 4 aromatic heterocycles. The summed E-state index contributed by atoms with van der Waals surface area (Å²) in [5.74, 6) is -1.00. The molecule has 298 valence electrons. The van der Waals surface area contributed by atoms with E-state index in [2.05, 4.69) is 51.2 Å². The number of hydrogen-bond acceptors (Lipinski definition) is 12. The molecule has 18 heteroatoms. The molecular weight excluding hydrogens is 747 g/mol. The SMILES string of the molecule is CN(C)CCCCn1nc(Nc2cnccc2C(=O)NC#N)c2cc(F)ccc21.N#CNC(=O)c1ccncc1Nc1nn(CCN2CCCC2)c2ccc(F)cc12. The zero-order chi connectivity index (χ0) is 41.0. The lowest BCUT2D eigenvalue weighted by Crippen LogP contribution is -2.24. The van der Waals surface area contributed by atoms with Crippen LogP contribution in [0, 0.1) is 34.5 Å². The van der Waals surface area contributed by atoms with Crippen LogP contribution in [0.2, 0.25) is 0 Å². The van der Waals surface area contributed by atoms with Crippen molar-refractivity contribution >= 4 is 56.6 Å². The maximum absolute atomic E-state index is 13.9. The molecule has 5 heterocycles. The molecule has 0 radical (unpaired) electrons. The first-order valence-corrected chi connectivity index (χ1v) is 18.6. The van der Waals surface area contributed by atoms with Gasteiger partial charge in [-0.25, -0.2) is 8.78 Å². The number of unbranched alkanes of at least 4 members (excludes halogenated alkanes) is 1. The van der Waals surface area contributed by atoms with E-state index in [0.29, 0.717) is 46.9 Å². The molecule has 58 heavy (non-hydrogen) atoms. The zero-order valence-electron chi connectivity index (χ0n) is 32.0. The Balaban J connectivity index is 0.000000196. The van der Waals surface area contributed by atoms with Gasteiger partial charge in [-0.05, 0) is 108 Å². The van der Waals surface area contributed by atoms with Gasteiger partial charge in [-0.1, -0.05) is 0 Å². The Morgan fingerprint density at radius 1 is 0.724 bits per heavy atom. The van der Waals surface area contributed by atoms with Crippen LogP contribution in [0.4, 0.5) is 31.8 Å². The minimum Gasteiger partial charge on any atom is -0.336 e. The maximum atomic E-state index is 13.9. The number of aryl methyl sites for hydroxylation is 1. The summed E-state index contributed by atoms with van der Waals surface area (Å²) < 4.78 is 31.5. The average Bonchev–Trinajstić information content (AvgIpc) is 3.94. The zero-order valence-corrected chi connectivity index (χ0v) is 32.0. The van der Waals surface area contributed by atoms with Crippen molar-refractivity contribution in [3.8, 4) is 12.4 Å². The molecule has 1 aliphatic rings. The Labute approximate surface area is 333 Å². The fraction of sp³-hybridized carbons (Fsp3) is 0.300. The second kappa shape index (κ2) is 19.2. The predicted octanol–water partition coefficient (Wildman–Crippen LogP) is 5.49. The number of likely N-dealkylation sites (tertiary alicyclic amines) is 1. The van der Waals surface area contributed by atoms with E-state index in [4.69, 9.17) is 10.5 Å². The number of halogens is 2. The highest BCUT2D eigenvalue weighted by Crippen LogP contribution is 2.30. The quantitative estimate of drug-likeness (QED) is 0.0617. The van der Waals surface area contributed by atoms with Crippen LogP contribution in [0.1, 0.15) is 46.4 Å². The Morgan fingerprint density at radius 3 is 1.71 bits per heavy atom. The monoisotopic (exact) mass is 788 g/mol. The number of pyridine rings is 2. The molecule has 0 bridgehead atoms. The minimum absolute atomic E-state index is 0.242. The van der Waals surface area contributed by atoms with Crippen molar-refractivity contribution < 1.29 is 18.4 Å². The molecule has 1 saturated heterocycles. The molecule has 0 saturated carbocycles. The second-order valence-corrected chi connectivity index (χ2v) is 13.7. The summed E-state index contributed by atoms with van der Waals surface area (Å²) in [5, 5.41) is 38.2. The summed E-state index contributed by atoms with van der Waals surface area (Å²) in [7, 11) is 4.06. The highest BCUT2D eigenvalue weighted by Gasteiger charge is 2.19. The molecule has 0 unspecified atom stereocenters. The van der Waals surface area contributed by atoms with Gasteiger partial charge in [-0.15, -0.1) is 0 Å². The van der Waals surface area contributed by atoms with Gasteiger partial charge in [0.05, 0.1) is 52.5 Å². The van der Waals surface area contributed by atoms with E-state index in [-0.39, 0.29) is 22.8 Å². The lowest BCUT2D eigenvalue weighted by molar-refractivity contribution is 0.0965. The van der Waals surface area contributed by atoms with Gasteiger partial charge in [0.1, 0.15) is 11.6 Å². The van der Waals surface area contributed by atoms with E-state index in [9.17, 15) is 18.4 Å². The van der Waals surface area contributed by atoms with Crippen LogP contribution in [0.15, 0.2) is 73.3 Å².